The number of hydrogen-bond donors (Lipinski definition) is 2. The zero-order chi connectivity index (χ0) is 19.9. The Morgan fingerprint density at radius 3 is 2.72 bits per heavy atom. The zero-order valence-corrected chi connectivity index (χ0v) is 18.3. The first-order chi connectivity index (χ1) is 13.4. The topological polar surface area (TPSA) is 62.2 Å². The highest BCUT2D eigenvalue weighted by Gasteiger charge is 2.36. The number of nitrogens with zero attached hydrogens (tertiary/aromatic N) is 3. The highest BCUT2D eigenvalue weighted by atomic mass is 32.1. The van der Waals surface area contributed by atoms with Gasteiger partial charge in [0.1, 0.15) is 29.7 Å². The summed E-state index contributed by atoms with van der Waals surface area (Å²) in [7, 11) is 0. The molecule has 1 amide bonds. The molecule has 0 radical (unpaired) electrons. The summed E-state index contributed by atoms with van der Waals surface area (Å²) in [5.41, 5.74) is 1.04. The van der Waals surface area contributed by atoms with E-state index < -0.39 is 5.54 Å². The number of likely N-dealkylation sites (tertiary alicyclic amines) is 1. The molecule has 6 nitrogen and oxygen atoms in total. The normalized spacial score (nSPS) is 20.7. The molecule has 3 heterocycles. The summed E-state index contributed by atoms with van der Waals surface area (Å²) >= 11 is 0. The number of amides is 1. The van der Waals surface area contributed by atoms with Crippen LogP contribution in [0.5, 0.6) is 0 Å². The van der Waals surface area contributed by atoms with Crippen molar-refractivity contribution in [1.29, 1.82) is 0 Å². The van der Waals surface area contributed by atoms with Gasteiger partial charge in [0.05, 0.1) is 5.54 Å². The summed E-state index contributed by atoms with van der Waals surface area (Å²) in [5.74, 6) is 1.35. The number of imidazole rings is 1. The fourth-order valence-electron chi connectivity index (χ4n) is 4.42. The second-order valence-electron chi connectivity index (χ2n) is 8.20. The van der Waals surface area contributed by atoms with Crippen LogP contribution in [0.1, 0.15) is 39.4 Å². The Hall–Kier alpha value is -2.06. The molecule has 1 unspecified atom stereocenters. The van der Waals surface area contributed by atoms with Crippen molar-refractivity contribution in [2.75, 3.05) is 25.0 Å². The van der Waals surface area contributed by atoms with E-state index in [1.54, 1.807) is 12.1 Å². The summed E-state index contributed by atoms with van der Waals surface area (Å²) in [4.78, 5) is 19.7. The van der Waals surface area contributed by atoms with Crippen molar-refractivity contribution in [2.24, 2.45) is 0 Å². The van der Waals surface area contributed by atoms with E-state index in [1.807, 2.05) is 18.4 Å². The first kappa shape index (κ1) is 21.6. The standard InChI is InChI=1S/C21H28FN5O.H2S/c1-4-26-11-5-6-16(26)12-23-19-18(14-7-9-15(22)10-8-14)24-20-21(2,3)25-17(28)13-27(19)20;/h7-10,16,23H,4-6,11-13H2,1-3H3,(H,25,28);1H2. The van der Waals surface area contributed by atoms with E-state index in [1.165, 1.54) is 25.0 Å². The third-order valence-electron chi connectivity index (χ3n) is 5.81. The number of nitrogens with one attached hydrogen (secondary N) is 2. The van der Waals surface area contributed by atoms with Crippen molar-refractivity contribution in [2.45, 2.75) is 51.7 Å². The van der Waals surface area contributed by atoms with Gasteiger partial charge in [0.2, 0.25) is 5.91 Å². The number of carbonyl (C=O) groups excluding carboxylic acids is 1. The third kappa shape index (κ3) is 4.14. The fraction of sp³-hybridized carbons (Fsp3) is 0.524. The lowest BCUT2D eigenvalue weighted by Crippen LogP contribution is -2.49. The minimum atomic E-state index is -0.563. The molecule has 2 aliphatic heterocycles. The number of fused-ring (bicyclic) bond motifs is 1. The molecule has 4 rings (SSSR count). The van der Waals surface area contributed by atoms with Gasteiger partial charge in [-0.1, -0.05) is 6.92 Å². The Kier molecular flexibility index (Phi) is 6.24. The van der Waals surface area contributed by atoms with Crippen LogP contribution in [-0.4, -0.2) is 46.0 Å². The molecule has 0 saturated carbocycles. The Bertz CT molecular complexity index is 880. The largest absolute Gasteiger partial charge is 0.368 e. The van der Waals surface area contributed by atoms with Crippen molar-refractivity contribution < 1.29 is 9.18 Å². The highest BCUT2D eigenvalue weighted by molar-refractivity contribution is 7.59. The predicted octanol–water partition coefficient (Wildman–Crippen LogP) is 3.06. The SMILES string of the molecule is CCN1CCCC1CNc1c(-c2ccc(F)cc2)nc2n1CC(=O)NC2(C)C.S. The van der Waals surface area contributed by atoms with E-state index in [2.05, 4.69) is 22.5 Å². The van der Waals surface area contributed by atoms with Gasteiger partial charge in [-0.3, -0.25) is 9.69 Å². The molecule has 1 atom stereocenters. The average Bonchev–Trinajstić information content (AvgIpc) is 3.24. The Balaban J connectivity index is 0.00000240. The molecule has 8 heteroatoms. The van der Waals surface area contributed by atoms with E-state index in [-0.39, 0.29) is 31.8 Å². The van der Waals surface area contributed by atoms with E-state index >= 15 is 0 Å². The molecular weight excluding hydrogens is 389 g/mol. The van der Waals surface area contributed by atoms with E-state index in [0.717, 1.165) is 42.5 Å². The van der Waals surface area contributed by atoms with Crippen LogP contribution in [0, 0.1) is 5.82 Å². The minimum absolute atomic E-state index is 0. The van der Waals surface area contributed by atoms with Gasteiger partial charge in [-0.15, -0.1) is 0 Å². The number of likely N-dealkylation sites (N-methyl/N-ethyl adjacent to an activating group) is 1. The molecule has 0 spiro atoms. The summed E-state index contributed by atoms with van der Waals surface area (Å²) in [5, 5.41) is 6.59. The number of carbonyl (C=O) groups is 1. The molecule has 1 aromatic heterocycles. The first-order valence-corrected chi connectivity index (χ1v) is 10.0. The van der Waals surface area contributed by atoms with Crippen LogP contribution >= 0.6 is 13.5 Å². The lowest BCUT2D eigenvalue weighted by Gasteiger charge is -2.32. The van der Waals surface area contributed by atoms with Gasteiger partial charge < -0.3 is 15.2 Å². The van der Waals surface area contributed by atoms with Crippen LogP contribution in [0.2, 0.25) is 0 Å². The zero-order valence-electron chi connectivity index (χ0n) is 17.3. The summed E-state index contributed by atoms with van der Waals surface area (Å²) in [6.07, 6.45) is 2.38. The van der Waals surface area contributed by atoms with Gasteiger partial charge in [0.25, 0.3) is 0 Å². The van der Waals surface area contributed by atoms with Crippen LogP contribution in [0.3, 0.4) is 0 Å². The molecule has 0 bridgehead atoms. The fourth-order valence-corrected chi connectivity index (χ4v) is 4.42. The molecular formula is C21H30FN5OS. The van der Waals surface area contributed by atoms with Gasteiger partial charge in [-0.2, -0.15) is 13.5 Å². The number of rotatable bonds is 5. The van der Waals surface area contributed by atoms with Crippen LogP contribution < -0.4 is 10.6 Å². The van der Waals surface area contributed by atoms with Crippen LogP contribution in [0.4, 0.5) is 10.2 Å². The lowest BCUT2D eigenvalue weighted by atomic mass is 10.0. The second kappa shape index (κ2) is 8.36. The van der Waals surface area contributed by atoms with Crippen molar-refractivity contribution in [3.63, 3.8) is 0 Å². The number of halogens is 1. The number of benzene rings is 1. The molecule has 2 aromatic rings. The second-order valence-corrected chi connectivity index (χ2v) is 8.20. The van der Waals surface area contributed by atoms with Crippen LogP contribution in [-0.2, 0) is 16.9 Å². The van der Waals surface area contributed by atoms with Crippen molar-refractivity contribution in [1.82, 2.24) is 19.8 Å². The maximum atomic E-state index is 13.4. The molecule has 1 saturated heterocycles. The van der Waals surface area contributed by atoms with Gasteiger partial charge in [0, 0.05) is 18.2 Å². The molecule has 0 aliphatic carbocycles. The van der Waals surface area contributed by atoms with Crippen LogP contribution in [0.15, 0.2) is 24.3 Å². The van der Waals surface area contributed by atoms with E-state index in [9.17, 15) is 9.18 Å². The van der Waals surface area contributed by atoms with Gasteiger partial charge in [-0.05, 0) is 64.0 Å². The molecule has 1 aromatic carbocycles. The predicted molar refractivity (Wildman–Crippen MR) is 118 cm³/mol. The molecule has 29 heavy (non-hydrogen) atoms. The maximum Gasteiger partial charge on any atom is 0.240 e. The maximum absolute atomic E-state index is 13.4. The van der Waals surface area contributed by atoms with Gasteiger partial charge >= 0.3 is 0 Å². The monoisotopic (exact) mass is 419 g/mol. The first-order valence-electron chi connectivity index (χ1n) is 10.0. The molecule has 158 valence electrons. The van der Waals surface area contributed by atoms with Crippen LogP contribution in [0.25, 0.3) is 11.3 Å². The Labute approximate surface area is 178 Å². The third-order valence-corrected chi connectivity index (χ3v) is 5.81. The summed E-state index contributed by atoms with van der Waals surface area (Å²) < 4.78 is 15.4. The molecule has 1 fully saturated rings. The quantitative estimate of drug-likeness (QED) is 0.782. The molecule has 2 N–H and O–H groups in total. The Morgan fingerprint density at radius 1 is 1.31 bits per heavy atom. The van der Waals surface area contributed by atoms with Crippen molar-refractivity contribution in [3.05, 3.63) is 35.9 Å². The number of anilines is 1. The number of aromatic nitrogens is 2. The summed E-state index contributed by atoms with van der Waals surface area (Å²) in [6.45, 7) is 9.31. The minimum Gasteiger partial charge on any atom is -0.368 e. The Morgan fingerprint density at radius 2 is 2.03 bits per heavy atom. The molecule has 2 aliphatic rings. The van der Waals surface area contributed by atoms with E-state index in [4.69, 9.17) is 4.98 Å². The van der Waals surface area contributed by atoms with Crippen molar-refractivity contribution >= 4 is 25.2 Å². The lowest BCUT2D eigenvalue weighted by molar-refractivity contribution is -0.124. The van der Waals surface area contributed by atoms with Gasteiger partial charge in [-0.25, -0.2) is 9.37 Å². The van der Waals surface area contributed by atoms with Gasteiger partial charge in [0.15, 0.2) is 0 Å². The van der Waals surface area contributed by atoms with Crippen molar-refractivity contribution in [3.8, 4) is 11.3 Å². The average molecular weight is 420 g/mol. The smallest absolute Gasteiger partial charge is 0.240 e. The number of hydrogen-bond acceptors (Lipinski definition) is 4. The van der Waals surface area contributed by atoms with E-state index in [0.29, 0.717) is 6.04 Å². The summed E-state index contributed by atoms with van der Waals surface area (Å²) in [6, 6.07) is 6.85. The highest BCUT2D eigenvalue weighted by Crippen LogP contribution is 2.35.